The van der Waals surface area contributed by atoms with E-state index in [1.54, 1.807) is 0 Å². The summed E-state index contributed by atoms with van der Waals surface area (Å²) in [6, 6.07) is 0.647. The van der Waals surface area contributed by atoms with E-state index in [1.165, 1.54) is 13.1 Å². The molecule has 1 saturated heterocycles. The third-order valence-corrected chi connectivity index (χ3v) is 3.31. The molecule has 1 atom stereocenters. The molecule has 102 valence electrons. The van der Waals surface area contributed by atoms with Crippen molar-refractivity contribution in [2.24, 2.45) is 11.3 Å². The first-order valence-electron chi connectivity index (χ1n) is 6.89. The molecule has 0 aromatic rings. The second kappa shape index (κ2) is 6.17. The van der Waals surface area contributed by atoms with Gasteiger partial charge in [-0.05, 0) is 25.4 Å². The highest BCUT2D eigenvalue weighted by molar-refractivity contribution is 4.87. The Morgan fingerprint density at radius 1 is 1.35 bits per heavy atom. The van der Waals surface area contributed by atoms with E-state index in [0.717, 1.165) is 25.6 Å². The molecular weight excluding hydrogens is 210 g/mol. The molecular formula is C14H31N3. The van der Waals surface area contributed by atoms with Crippen LogP contribution < -0.4 is 5.32 Å². The highest BCUT2D eigenvalue weighted by atomic mass is 15.2. The van der Waals surface area contributed by atoms with Crippen LogP contribution in [-0.4, -0.2) is 62.7 Å². The molecule has 1 rings (SSSR count). The van der Waals surface area contributed by atoms with Crippen LogP contribution in [0.15, 0.2) is 0 Å². The van der Waals surface area contributed by atoms with Crippen LogP contribution in [0.1, 0.15) is 27.7 Å². The highest BCUT2D eigenvalue weighted by Gasteiger charge is 2.30. The molecule has 1 unspecified atom stereocenters. The van der Waals surface area contributed by atoms with E-state index in [-0.39, 0.29) is 0 Å². The lowest BCUT2D eigenvalue weighted by atomic mass is 9.92. The Labute approximate surface area is 108 Å². The fourth-order valence-corrected chi connectivity index (χ4v) is 2.73. The number of nitrogens with zero attached hydrogens (tertiary/aromatic N) is 2. The summed E-state index contributed by atoms with van der Waals surface area (Å²) in [5, 5.41) is 3.63. The predicted molar refractivity (Wildman–Crippen MR) is 75.4 cm³/mol. The summed E-state index contributed by atoms with van der Waals surface area (Å²) in [5.74, 6) is 0.744. The molecule has 0 spiro atoms. The quantitative estimate of drug-likeness (QED) is 0.805. The van der Waals surface area contributed by atoms with E-state index >= 15 is 0 Å². The maximum absolute atomic E-state index is 3.63. The smallest absolute Gasteiger partial charge is 0.0348 e. The van der Waals surface area contributed by atoms with Crippen molar-refractivity contribution in [2.45, 2.75) is 33.7 Å². The van der Waals surface area contributed by atoms with E-state index < -0.39 is 0 Å². The lowest BCUT2D eigenvalue weighted by Gasteiger charge is -2.36. The van der Waals surface area contributed by atoms with Gasteiger partial charge in [0, 0.05) is 38.8 Å². The van der Waals surface area contributed by atoms with Gasteiger partial charge in [0.1, 0.15) is 0 Å². The molecule has 1 heterocycles. The lowest BCUT2D eigenvalue weighted by Crippen LogP contribution is -2.48. The van der Waals surface area contributed by atoms with E-state index in [0.29, 0.717) is 11.5 Å². The van der Waals surface area contributed by atoms with E-state index in [2.05, 4.69) is 56.9 Å². The molecule has 0 amide bonds. The standard InChI is InChI=1S/C14H31N3/c1-12(2)8-17-11-14(3,4)10-15-7-13(17)9-16(5)6/h12-13,15H,7-11H2,1-6H3. The average Bonchev–Trinajstić information content (AvgIpc) is 2.24. The first-order chi connectivity index (χ1) is 7.80. The van der Waals surface area contributed by atoms with Crippen LogP contribution in [0.2, 0.25) is 0 Å². The number of hydrogen-bond acceptors (Lipinski definition) is 3. The molecule has 3 heteroatoms. The van der Waals surface area contributed by atoms with Gasteiger partial charge in [-0.1, -0.05) is 27.7 Å². The van der Waals surface area contributed by atoms with Crippen molar-refractivity contribution in [3.05, 3.63) is 0 Å². The van der Waals surface area contributed by atoms with Crippen molar-refractivity contribution in [1.82, 2.24) is 15.1 Å². The Morgan fingerprint density at radius 2 is 2.00 bits per heavy atom. The van der Waals surface area contributed by atoms with Crippen molar-refractivity contribution in [1.29, 1.82) is 0 Å². The summed E-state index contributed by atoms with van der Waals surface area (Å²) in [4.78, 5) is 4.99. The second-order valence-electron chi connectivity index (χ2n) is 7.03. The van der Waals surface area contributed by atoms with E-state index in [9.17, 15) is 0 Å². The zero-order chi connectivity index (χ0) is 13.1. The first kappa shape index (κ1) is 14.9. The third kappa shape index (κ3) is 5.36. The van der Waals surface area contributed by atoms with Crippen molar-refractivity contribution in [2.75, 3.05) is 46.8 Å². The van der Waals surface area contributed by atoms with Crippen LogP contribution in [0.4, 0.5) is 0 Å². The summed E-state index contributed by atoms with van der Waals surface area (Å²) in [7, 11) is 4.34. The minimum absolute atomic E-state index is 0.385. The SMILES string of the molecule is CC(C)CN1CC(C)(C)CNCC1CN(C)C. The minimum Gasteiger partial charge on any atom is -0.315 e. The maximum atomic E-state index is 3.63. The molecule has 0 bridgehead atoms. The molecule has 0 radical (unpaired) electrons. The first-order valence-corrected chi connectivity index (χ1v) is 6.89. The van der Waals surface area contributed by atoms with E-state index in [4.69, 9.17) is 0 Å². The van der Waals surface area contributed by atoms with Crippen LogP contribution in [0.25, 0.3) is 0 Å². The van der Waals surface area contributed by atoms with Gasteiger partial charge < -0.3 is 10.2 Å². The van der Waals surface area contributed by atoms with Crippen LogP contribution in [-0.2, 0) is 0 Å². The van der Waals surface area contributed by atoms with Gasteiger partial charge in [-0.15, -0.1) is 0 Å². The summed E-state index contributed by atoms with van der Waals surface area (Å²) in [6.07, 6.45) is 0. The van der Waals surface area contributed by atoms with Gasteiger partial charge in [-0.3, -0.25) is 4.90 Å². The summed E-state index contributed by atoms with van der Waals surface area (Å²) in [6.45, 7) is 15.2. The summed E-state index contributed by atoms with van der Waals surface area (Å²) >= 11 is 0. The Kier molecular flexibility index (Phi) is 5.42. The van der Waals surface area contributed by atoms with Gasteiger partial charge >= 0.3 is 0 Å². The average molecular weight is 241 g/mol. The number of likely N-dealkylation sites (N-methyl/N-ethyl adjacent to an activating group) is 1. The van der Waals surface area contributed by atoms with Gasteiger partial charge in [-0.25, -0.2) is 0 Å². The van der Waals surface area contributed by atoms with Crippen LogP contribution in [0, 0.1) is 11.3 Å². The summed E-state index contributed by atoms with van der Waals surface area (Å²) in [5.41, 5.74) is 0.385. The van der Waals surface area contributed by atoms with Gasteiger partial charge in [-0.2, -0.15) is 0 Å². The second-order valence-corrected chi connectivity index (χ2v) is 7.03. The molecule has 1 fully saturated rings. The van der Waals surface area contributed by atoms with Crippen molar-refractivity contribution in [3.63, 3.8) is 0 Å². The summed E-state index contributed by atoms with van der Waals surface area (Å²) < 4.78 is 0. The molecule has 0 saturated carbocycles. The fraction of sp³-hybridized carbons (Fsp3) is 1.00. The van der Waals surface area contributed by atoms with Gasteiger partial charge in [0.15, 0.2) is 0 Å². The van der Waals surface area contributed by atoms with Gasteiger partial charge in [0.2, 0.25) is 0 Å². The molecule has 0 aliphatic carbocycles. The maximum Gasteiger partial charge on any atom is 0.0348 e. The Morgan fingerprint density at radius 3 is 2.53 bits per heavy atom. The highest BCUT2D eigenvalue weighted by Crippen LogP contribution is 2.21. The molecule has 1 aliphatic heterocycles. The predicted octanol–water partition coefficient (Wildman–Crippen LogP) is 1.50. The van der Waals surface area contributed by atoms with Crippen LogP contribution in [0.3, 0.4) is 0 Å². The molecule has 1 N–H and O–H groups in total. The Bertz CT molecular complexity index is 224. The topological polar surface area (TPSA) is 18.5 Å². The molecule has 0 aromatic carbocycles. The Balaban J connectivity index is 2.70. The largest absolute Gasteiger partial charge is 0.315 e. The molecule has 3 nitrogen and oxygen atoms in total. The fourth-order valence-electron chi connectivity index (χ4n) is 2.73. The van der Waals surface area contributed by atoms with E-state index in [1.807, 2.05) is 0 Å². The molecule has 17 heavy (non-hydrogen) atoms. The Hall–Kier alpha value is -0.120. The number of rotatable bonds is 4. The van der Waals surface area contributed by atoms with Gasteiger partial charge in [0.05, 0.1) is 0 Å². The monoisotopic (exact) mass is 241 g/mol. The molecule has 1 aliphatic rings. The number of nitrogens with one attached hydrogen (secondary N) is 1. The van der Waals surface area contributed by atoms with Crippen LogP contribution >= 0.6 is 0 Å². The third-order valence-electron chi connectivity index (χ3n) is 3.31. The van der Waals surface area contributed by atoms with Gasteiger partial charge in [0.25, 0.3) is 0 Å². The lowest BCUT2D eigenvalue weighted by molar-refractivity contribution is 0.121. The minimum atomic E-state index is 0.385. The number of hydrogen-bond donors (Lipinski definition) is 1. The zero-order valence-electron chi connectivity index (χ0n) is 12.6. The van der Waals surface area contributed by atoms with Crippen molar-refractivity contribution in [3.8, 4) is 0 Å². The van der Waals surface area contributed by atoms with Crippen molar-refractivity contribution >= 4 is 0 Å². The normalized spacial score (nSPS) is 26.5. The van der Waals surface area contributed by atoms with Crippen LogP contribution in [0.5, 0.6) is 0 Å². The molecule has 0 aromatic heterocycles. The van der Waals surface area contributed by atoms with Crippen molar-refractivity contribution < 1.29 is 0 Å². The zero-order valence-corrected chi connectivity index (χ0v) is 12.6.